The Morgan fingerprint density at radius 3 is 2.39 bits per heavy atom. The van der Waals surface area contributed by atoms with Gasteiger partial charge in [-0.25, -0.2) is 0 Å². The molecule has 0 unspecified atom stereocenters. The second kappa shape index (κ2) is 10.4. The summed E-state index contributed by atoms with van der Waals surface area (Å²) in [5.74, 6) is 1.72. The van der Waals surface area contributed by atoms with Gasteiger partial charge in [-0.3, -0.25) is 0 Å². The van der Waals surface area contributed by atoms with Gasteiger partial charge in [0.15, 0.2) is 5.11 Å². The van der Waals surface area contributed by atoms with E-state index in [1.807, 2.05) is 24.3 Å². The number of thiocarbonyl (C=S) groups is 1. The van der Waals surface area contributed by atoms with Crippen LogP contribution < -0.4 is 20.3 Å². The van der Waals surface area contributed by atoms with Crippen molar-refractivity contribution in [2.75, 3.05) is 23.3 Å². The van der Waals surface area contributed by atoms with Crippen LogP contribution in [0.2, 0.25) is 0 Å². The molecule has 0 aromatic heterocycles. The molecule has 0 radical (unpaired) electrons. The molecule has 1 saturated heterocycles. The van der Waals surface area contributed by atoms with E-state index in [0.717, 1.165) is 30.4 Å². The van der Waals surface area contributed by atoms with Gasteiger partial charge in [-0.2, -0.15) is 0 Å². The first-order valence-electron chi connectivity index (χ1n) is 11.8. The number of benzene rings is 2. The van der Waals surface area contributed by atoms with Gasteiger partial charge in [-0.1, -0.05) is 19.1 Å². The molecule has 2 N–H and O–H groups in total. The predicted octanol–water partition coefficient (Wildman–Crippen LogP) is 6.29. The highest BCUT2D eigenvalue weighted by Gasteiger charge is 2.18. The van der Waals surface area contributed by atoms with Crippen LogP contribution in [0.3, 0.4) is 0 Å². The first-order valence-corrected chi connectivity index (χ1v) is 12.2. The molecule has 0 spiro atoms. The molecule has 5 heteroatoms. The number of rotatable bonds is 6. The highest BCUT2D eigenvalue weighted by molar-refractivity contribution is 7.80. The SMILES string of the molecule is C[C@H]1CCCN(c2ccc([C@H](C)NC(=S)Nc3ccc(OC4CCCC4)cc3)cc2)C1. The summed E-state index contributed by atoms with van der Waals surface area (Å²) in [4.78, 5) is 2.50. The maximum absolute atomic E-state index is 6.04. The second-order valence-electron chi connectivity index (χ2n) is 9.15. The third-order valence-electron chi connectivity index (χ3n) is 6.48. The maximum atomic E-state index is 6.04. The molecular weight excluding hydrogens is 402 g/mol. The van der Waals surface area contributed by atoms with Gasteiger partial charge >= 0.3 is 0 Å². The van der Waals surface area contributed by atoms with Crippen LogP contribution in [0.4, 0.5) is 11.4 Å². The summed E-state index contributed by atoms with van der Waals surface area (Å²) < 4.78 is 6.04. The topological polar surface area (TPSA) is 36.5 Å². The van der Waals surface area contributed by atoms with Crippen LogP contribution in [0.5, 0.6) is 5.75 Å². The normalized spacial score (nSPS) is 20.3. The summed E-state index contributed by atoms with van der Waals surface area (Å²) in [6.07, 6.45) is 7.91. The predicted molar refractivity (Wildman–Crippen MR) is 134 cm³/mol. The molecular formula is C26H35N3OS. The van der Waals surface area contributed by atoms with Gasteiger partial charge in [0.25, 0.3) is 0 Å². The zero-order chi connectivity index (χ0) is 21.6. The third kappa shape index (κ3) is 6.13. The standard InChI is InChI=1S/C26H35N3OS/c1-19-6-5-17-29(18-19)23-13-9-21(10-14-23)20(2)27-26(31)28-22-11-15-25(16-12-22)30-24-7-3-4-8-24/h9-16,19-20,24H,3-8,17-18H2,1-2H3,(H2,27,28,31)/t19-,20-/m0/s1. The number of hydrogen-bond donors (Lipinski definition) is 2. The molecule has 2 aromatic carbocycles. The van der Waals surface area contributed by atoms with Crippen molar-refractivity contribution in [1.29, 1.82) is 0 Å². The molecule has 1 aliphatic carbocycles. The van der Waals surface area contributed by atoms with E-state index >= 15 is 0 Å². The van der Waals surface area contributed by atoms with Crippen molar-refractivity contribution >= 4 is 28.7 Å². The maximum Gasteiger partial charge on any atom is 0.171 e. The monoisotopic (exact) mass is 437 g/mol. The Balaban J connectivity index is 1.27. The molecule has 2 atom stereocenters. The van der Waals surface area contributed by atoms with Gasteiger partial charge in [-0.05, 0) is 106 Å². The van der Waals surface area contributed by atoms with Crippen molar-refractivity contribution in [2.24, 2.45) is 5.92 Å². The number of nitrogens with one attached hydrogen (secondary N) is 2. The van der Waals surface area contributed by atoms with E-state index < -0.39 is 0 Å². The molecule has 4 nitrogen and oxygen atoms in total. The van der Waals surface area contributed by atoms with Crippen molar-refractivity contribution in [1.82, 2.24) is 5.32 Å². The smallest absolute Gasteiger partial charge is 0.171 e. The summed E-state index contributed by atoms with van der Waals surface area (Å²) in [6.45, 7) is 6.81. The van der Waals surface area contributed by atoms with Gasteiger partial charge in [0.2, 0.25) is 0 Å². The minimum atomic E-state index is 0.138. The minimum absolute atomic E-state index is 0.138. The van der Waals surface area contributed by atoms with E-state index in [-0.39, 0.29) is 6.04 Å². The quantitative estimate of drug-likeness (QED) is 0.519. The van der Waals surface area contributed by atoms with E-state index in [2.05, 4.69) is 53.6 Å². The lowest BCUT2D eigenvalue weighted by Gasteiger charge is -2.33. The number of anilines is 2. The number of nitrogens with zero attached hydrogens (tertiary/aromatic N) is 1. The Hall–Kier alpha value is -2.27. The van der Waals surface area contributed by atoms with Crippen molar-refractivity contribution in [2.45, 2.75) is 64.5 Å². The van der Waals surface area contributed by atoms with Crippen LogP contribution in [-0.4, -0.2) is 24.3 Å². The molecule has 2 aromatic rings. The molecule has 4 rings (SSSR count). The summed E-state index contributed by atoms with van der Waals surface area (Å²) in [6, 6.07) is 17.1. The first kappa shape index (κ1) is 21.9. The van der Waals surface area contributed by atoms with Crippen molar-refractivity contribution in [3.63, 3.8) is 0 Å². The Kier molecular flexibility index (Phi) is 7.33. The highest BCUT2D eigenvalue weighted by Crippen LogP contribution is 2.26. The Morgan fingerprint density at radius 1 is 1.00 bits per heavy atom. The molecule has 31 heavy (non-hydrogen) atoms. The third-order valence-corrected chi connectivity index (χ3v) is 6.70. The lowest BCUT2D eigenvalue weighted by atomic mass is 9.99. The van der Waals surface area contributed by atoms with Crippen LogP contribution >= 0.6 is 12.2 Å². The summed E-state index contributed by atoms with van der Waals surface area (Å²) >= 11 is 5.54. The second-order valence-corrected chi connectivity index (χ2v) is 9.56. The zero-order valence-electron chi connectivity index (χ0n) is 18.8. The largest absolute Gasteiger partial charge is 0.490 e. The van der Waals surface area contributed by atoms with E-state index in [4.69, 9.17) is 17.0 Å². The first-order chi connectivity index (χ1) is 15.1. The average Bonchev–Trinajstić information content (AvgIpc) is 3.28. The molecule has 1 saturated carbocycles. The van der Waals surface area contributed by atoms with Crippen molar-refractivity contribution in [3.8, 4) is 5.75 Å². The molecule has 2 fully saturated rings. The molecule has 2 aliphatic rings. The fourth-order valence-corrected chi connectivity index (χ4v) is 4.96. The van der Waals surface area contributed by atoms with Crippen LogP contribution in [-0.2, 0) is 0 Å². The van der Waals surface area contributed by atoms with E-state index in [1.54, 1.807) is 0 Å². The van der Waals surface area contributed by atoms with Gasteiger partial charge in [0.1, 0.15) is 5.75 Å². The van der Waals surface area contributed by atoms with Gasteiger partial charge in [-0.15, -0.1) is 0 Å². The van der Waals surface area contributed by atoms with Crippen LogP contribution in [0.15, 0.2) is 48.5 Å². The lowest BCUT2D eigenvalue weighted by molar-refractivity contribution is 0.210. The van der Waals surface area contributed by atoms with Crippen molar-refractivity contribution < 1.29 is 4.74 Å². The Bertz CT molecular complexity index is 846. The van der Waals surface area contributed by atoms with E-state index in [0.29, 0.717) is 11.2 Å². The van der Waals surface area contributed by atoms with Crippen LogP contribution in [0.25, 0.3) is 0 Å². The summed E-state index contributed by atoms with van der Waals surface area (Å²) in [5, 5.41) is 7.32. The van der Waals surface area contributed by atoms with Gasteiger partial charge < -0.3 is 20.3 Å². The number of hydrogen-bond acceptors (Lipinski definition) is 3. The molecule has 1 heterocycles. The Morgan fingerprint density at radius 2 is 1.71 bits per heavy atom. The van der Waals surface area contributed by atoms with E-state index in [9.17, 15) is 0 Å². The van der Waals surface area contributed by atoms with Crippen LogP contribution in [0, 0.1) is 5.92 Å². The zero-order valence-corrected chi connectivity index (χ0v) is 19.6. The Labute approximate surface area is 192 Å². The van der Waals surface area contributed by atoms with E-state index in [1.165, 1.54) is 49.8 Å². The minimum Gasteiger partial charge on any atom is -0.490 e. The number of ether oxygens (including phenoxy) is 1. The fraction of sp³-hybridized carbons (Fsp3) is 0.500. The summed E-state index contributed by atoms with van der Waals surface area (Å²) in [7, 11) is 0. The summed E-state index contributed by atoms with van der Waals surface area (Å²) in [5.41, 5.74) is 3.53. The number of piperidine rings is 1. The molecule has 0 bridgehead atoms. The van der Waals surface area contributed by atoms with Crippen LogP contribution in [0.1, 0.15) is 64.0 Å². The lowest BCUT2D eigenvalue weighted by Crippen LogP contribution is -2.34. The fourth-order valence-electron chi connectivity index (χ4n) is 4.66. The van der Waals surface area contributed by atoms with Crippen molar-refractivity contribution in [3.05, 3.63) is 54.1 Å². The highest BCUT2D eigenvalue weighted by atomic mass is 32.1. The van der Waals surface area contributed by atoms with Gasteiger partial charge in [0, 0.05) is 24.5 Å². The van der Waals surface area contributed by atoms with Gasteiger partial charge in [0.05, 0.1) is 12.1 Å². The average molecular weight is 438 g/mol. The molecule has 0 amide bonds. The molecule has 166 valence electrons. The molecule has 1 aliphatic heterocycles.